The van der Waals surface area contributed by atoms with E-state index in [0.717, 1.165) is 10.9 Å². The monoisotopic (exact) mass is 256 g/mol. The summed E-state index contributed by atoms with van der Waals surface area (Å²) in [5.41, 5.74) is 6.32. The molecule has 0 fully saturated rings. The molecular formula is C12H11F3N2O. The summed E-state index contributed by atoms with van der Waals surface area (Å²) in [6.07, 6.45) is -2.94. The predicted octanol–water partition coefficient (Wildman–Crippen LogP) is 2.63. The molecule has 0 atom stereocenters. The molecule has 0 saturated heterocycles. The van der Waals surface area contributed by atoms with Crippen LogP contribution in [0, 0.1) is 0 Å². The number of aromatic nitrogens is 1. The molecule has 0 aliphatic carbocycles. The number of nitrogens with two attached hydrogens (primary N) is 1. The predicted molar refractivity (Wildman–Crippen MR) is 61.2 cm³/mol. The zero-order valence-corrected chi connectivity index (χ0v) is 9.37. The van der Waals surface area contributed by atoms with Crippen LogP contribution in [0.1, 0.15) is 5.56 Å². The van der Waals surface area contributed by atoms with Gasteiger partial charge >= 0.3 is 6.18 Å². The van der Waals surface area contributed by atoms with Crippen LogP contribution in [0.15, 0.2) is 30.5 Å². The number of halogens is 3. The lowest BCUT2D eigenvalue weighted by Crippen LogP contribution is -2.19. The van der Waals surface area contributed by atoms with Gasteiger partial charge in [-0.05, 0) is 17.0 Å². The lowest BCUT2D eigenvalue weighted by molar-refractivity contribution is -0.153. The van der Waals surface area contributed by atoms with Gasteiger partial charge in [-0.1, -0.05) is 18.2 Å². The van der Waals surface area contributed by atoms with E-state index in [4.69, 9.17) is 10.5 Å². The van der Waals surface area contributed by atoms with Crippen LogP contribution in [0.3, 0.4) is 0 Å². The Morgan fingerprint density at radius 2 is 1.83 bits per heavy atom. The molecule has 1 heterocycles. The molecule has 0 unspecified atom stereocenters. The average Bonchev–Trinajstić information content (AvgIpc) is 2.35. The quantitative estimate of drug-likeness (QED) is 0.918. The molecule has 0 aliphatic heterocycles. The Kier molecular flexibility index (Phi) is 3.38. The summed E-state index contributed by atoms with van der Waals surface area (Å²) in [7, 11) is 0. The molecule has 1 aromatic heterocycles. The first-order valence-electron chi connectivity index (χ1n) is 5.27. The summed E-state index contributed by atoms with van der Waals surface area (Å²) >= 11 is 0. The average molecular weight is 256 g/mol. The molecule has 0 radical (unpaired) electrons. The number of ether oxygens (including phenoxy) is 1. The molecule has 0 bridgehead atoms. The zero-order chi connectivity index (χ0) is 13.2. The molecule has 2 rings (SSSR count). The van der Waals surface area contributed by atoms with Crippen LogP contribution >= 0.6 is 0 Å². The van der Waals surface area contributed by atoms with Gasteiger partial charge in [-0.2, -0.15) is 13.2 Å². The SMILES string of the molecule is NCc1cnc(OCC(F)(F)F)c2ccccc12. The minimum Gasteiger partial charge on any atom is -0.468 e. The number of pyridine rings is 1. The summed E-state index contributed by atoms with van der Waals surface area (Å²) in [4.78, 5) is 3.88. The number of rotatable bonds is 3. The van der Waals surface area contributed by atoms with E-state index in [1.807, 2.05) is 0 Å². The molecule has 18 heavy (non-hydrogen) atoms. The number of benzene rings is 1. The van der Waals surface area contributed by atoms with Crippen LogP contribution in [-0.4, -0.2) is 17.8 Å². The highest BCUT2D eigenvalue weighted by molar-refractivity contribution is 5.89. The summed E-state index contributed by atoms with van der Waals surface area (Å²) in [6, 6.07) is 6.94. The van der Waals surface area contributed by atoms with E-state index in [1.54, 1.807) is 24.3 Å². The van der Waals surface area contributed by atoms with Gasteiger partial charge in [0.25, 0.3) is 0 Å². The second-order valence-electron chi connectivity index (χ2n) is 3.74. The van der Waals surface area contributed by atoms with E-state index in [1.165, 1.54) is 6.20 Å². The van der Waals surface area contributed by atoms with Crippen molar-refractivity contribution in [2.45, 2.75) is 12.7 Å². The largest absolute Gasteiger partial charge is 0.468 e. The molecule has 0 spiro atoms. The topological polar surface area (TPSA) is 48.1 Å². The molecule has 3 nitrogen and oxygen atoms in total. The highest BCUT2D eigenvalue weighted by atomic mass is 19.4. The van der Waals surface area contributed by atoms with Gasteiger partial charge in [-0.15, -0.1) is 0 Å². The van der Waals surface area contributed by atoms with Gasteiger partial charge in [0.15, 0.2) is 6.61 Å². The third-order valence-corrected chi connectivity index (χ3v) is 2.43. The Labute approximate surface area is 101 Å². The maximum atomic E-state index is 12.1. The fraction of sp³-hybridized carbons (Fsp3) is 0.250. The van der Waals surface area contributed by atoms with Crippen LogP contribution in [0.4, 0.5) is 13.2 Å². The van der Waals surface area contributed by atoms with E-state index in [2.05, 4.69) is 4.98 Å². The first-order valence-corrected chi connectivity index (χ1v) is 5.27. The van der Waals surface area contributed by atoms with Crippen molar-refractivity contribution in [3.05, 3.63) is 36.0 Å². The van der Waals surface area contributed by atoms with Crippen molar-refractivity contribution in [3.8, 4) is 5.88 Å². The first-order chi connectivity index (χ1) is 8.51. The number of fused-ring (bicyclic) bond motifs is 1. The van der Waals surface area contributed by atoms with E-state index in [-0.39, 0.29) is 12.4 Å². The van der Waals surface area contributed by atoms with Crippen molar-refractivity contribution in [1.82, 2.24) is 4.98 Å². The fourth-order valence-electron chi connectivity index (χ4n) is 1.65. The molecule has 0 amide bonds. The number of hydrogen-bond donors (Lipinski definition) is 1. The highest BCUT2D eigenvalue weighted by Gasteiger charge is 2.29. The third kappa shape index (κ3) is 2.70. The molecule has 6 heteroatoms. The molecule has 2 aromatic rings. The number of hydrogen-bond acceptors (Lipinski definition) is 3. The zero-order valence-electron chi connectivity index (χ0n) is 9.37. The van der Waals surface area contributed by atoms with Gasteiger partial charge in [0.2, 0.25) is 5.88 Å². The van der Waals surface area contributed by atoms with Crippen LogP contribution in [-0.2, 0) is 6.54 Å². The maximum Gasteiger partial charge on any atom is 0.422 e. The van der Waals surface area contributed by atoms with Gasteiger partial charge in [-0.3, -0.25) is 0 Å². The lowest BCUT2D eigenvalue weighted by Gasteiger charge is -2.12. The number of nitrogens with zero attached hydrogens (tertiary/aromatic N) is 1. The number of alkyl halides is 3. The van der Waals surface area contributed by atoms with Crippen molar-refractivity contribution < 1.29 is 17.9 Å². The summed E-state index contributed by atoms with van der Waals surface area (Å²) < 4.78 is 41.0. The third-order valence-electron chi connectivity index (χ3n) is 2.43. The van der Waals surface area contributed by atoms with Gasteiger partial charge in [0, 0.05) is 18.1 Å². The van der Waals surface area contributed by atoms with Crippen LogP contribution in [0.2, 0.25) is 0 Å². The van der Waals surface area contributed by atoms with Crippen molar-refractivity contribution in [2.24, 2.45) is 5.73 Å². The minimum atomic E-state index is -4.38. The van der Waals surface area contributed by atoms with Gasteiger partial charge in [0.05, 0.1) is 0 Å². The first kappa shape index (κ1) is 12.6. The van der Waals surface area contributed by atoms with E-state index in [9.17, 15) is 13.2 Å². The highest BCUT2D eigenvalue weighted by Crippen LogP contribution is 2.27. The second-order valence-corrected chi connectivity index (χ2v) is 3.74. The van der Waals surface area contributed by atoms with Gasteiger partial charge in [0.1, 0.15) is 0 Å². The van der Waals surface area contributed by atoms with Gasteiger partial charge in [-0.25, -0.2) is 4.98 Å². The van der Waals surface area contributed by atoms with Crippen molar-refractivity contribution in [1.29, 1.82) is 0 Å². The van der Waals surface area contributed by atoms with Crippen molar-refractivity contribution in [3.63, 3.8) is 0 Å². The Morgan fingerprint density at radius 1 is 1.17 bits per heavy atom. The lowest BCUT2D eigenvalue weighted by atomic mass is 10.1. The molecule has 0 saturated carbocycles. The van der Waals surface area contributed by atoms with Crippen molar-refractivity contribution in [2.75, 3.05) is 6.61 Å². The normalized spacial score (nSPS) is 11.8. The molecule has 0 aliphatic rings. The minimum absolute atomic E-state index is 0.0277. The maximum absolute atomic E-state index is 12.1. The van der Waals surface area contributed by atoms with Gasteiger partial charge < -0.3 is 10.5 Å². The smallest absolute Gasteiger partial charge is 0.422 e. The van der Waals surface area contributed by atoms with Crippen LogP contribution in [0.25, 0.3) is 10.8 Å². The van der Waals surface area contributed by atoms with E-state index < -0.39 is 12.8 Å². The molecule has 1 aromatic carbocycles. The Bertz CT molecular complexity index is 555. The summed E-state index contributed by atoms with van der Waals surface area (Å²) in [6.45, 7) is -1.08. The van der Waals surface area contributed by atoms with Crippen molar-refractivity contribution >= 4 is 10.8 Å². The molecular weight excluding hydrogens is 245 g/mol. The fourth-order valence-corrected chi connectivity index (χ4v) is 1.65. The van der Waals surface area contributed by atoms with E-state index in [0.29, 0.717) is 5.39 Å². The summed E-state index contributed by atoms with van der Waals surface area (Å²) in [5.74, 6) is -0.0277. The van der Waals surface area contributed by atoms with Crippen LogP contribution in [0.5, 0.6) is 5.88 Å². The Hall–Kier alpha value is -1.82. The Balaban J connectivity index is 2.40. The molecule has 2 N–H and O–H groups in total. The Morgan fingerprint density at radius 3 is 2.44 bits per heavy atom. The van der Waals surface area contributed by atoms with E-state index >= 15 is 0 Å². The molecule has 96 valence electrons. The van der Waals surface area contributed by atoms with Crippen LogP contribution < -0.4 is 10.5 Å². The second kappa shape index (κ2) is 4.81. The summed E-state index contributed by atoms with van der Waals surface area (Å²) in [5, 5.41) is 1.29. The standard InChI is InChI=1S/C12H11F3N2O/c13-12(14,15)7-18-11-10-4-2-1-3-9(10)8(5-16)6-17-11/h1-4,6H,5,7,16H2.